The van der Waals surface area contributed by atoms with Crippen LogP contribution in [0, 0.1) is 6.92 Å². The minimum absolute atomic E-state index is 0.149. The normalized spacial score (nSPS) is 20.5. The van der Waals surface area contributed by atoms with Gasteiger partial charge >= 0.3 is 7.12 Å². The second kappa shape index (κ2) is 6.03. The summed E-state index contributed by atoms with van der Waals surface area (Å²) < 4.78 is 12.2. The predicted octanol–water partition coefficient (Wildman–Crippen LogP) is 2.33. The maximum absolute atomic E-state index is 9.99. The number of pyridine rings is 1. The van der Waals surface area contributed by atoms with E-state index in [-0.39, 0.29) is 5.75 Å². The van der Waals surface area contributed by atoms with Gasteiger partial charge in [-0.15, -0.1) is 0 Å². The molecule has 2 N–H and O–H groups in total. The van der Waals surface area contributed by atoms with Crippen molar-refractivity contribution in [2.75, 3.05) is 13.6 Å². The molecule has 1 aliphatic rings. The van der Waals surface area contributed by atoms with E-state index in [9.17, 15) is 5.11 Å². The molecule has 0 radical (unpaired) electrons. The van der Waals surface area contributed by atoms with Gasteiger partial charge in [0.1, 0.15) is 11.4 Å². The van der Waals surface area contributed by atoms with Crippen molar-refractivity contribution in [3.63, 3.8) is 0 Å². The van der Waals surface area contributed by atoms with Crippen molar-refractivity contribution in [2.24, 2.45) is 0 Å². The number of nitrogens with one attached hydrogen (secondary N) is 1. The third-order valence-electron chi connectivity index (χ3n) is 4.30. The highest BCUT2D eigenvalue weighted by atomic mass is 16.7. The fraction of sp³-hybridized carbons (Fsp3) is 0.562. The molecule has 22 heavy (non-hydrogen) atoms. The van der Waals surface area contributed by atoms with Gasteiger partial charge in [-0.05, 0) is 65.3 Å². The monoisotopic (exact) mass is 304 g/mol. The number of nitrogens with zero attached hydrogens (tertiary/aromatic N) is 1. The van der Waals surface area contributed by atoms with Crippen LogP contribution in [0.2, 0.25) is 0 Å². The molecule has 0 amide bonds. The molecule has 0 spiro atoms. The summed E-state index contributed by atoms with van der Waals surface area (Å²) in [5.41, 5.74) is 1.48. The molecule has 0 aromatic carbocycles. The molecule has 0 saturated carbocycles. The third kappa shape index (κ3) is 3.34. The van der Waals surface area contributed by atoms with Gasteiger partial charge in [0.25, 0.3) is 0 Å². The molecule has 5 nitrogen and oxygen atoms in total. The first kappa shape index (κ1) is 17.0. The SMILES string of the molecule is CNCC(=Cc1nc(C)ccc1O)B1OC(C)(C)C(C)(C)O1. The lowest BCUT2D eigenvalue weighted by Gasteiger charge is -2.32. The van der Waals surface area contributed by atoms with Crippen LogP contribution >= 0.6 is 0 Å². The maximum Gasteiger partial charge on any atom is 0.491 e. The fourth-order valence-corrected chi connectivity index (χ4v) is 2.25. The highest BCUT2D eigenvalue weighted by molar-refractivity contribution is 6.55. The van der Waals surface area contributed by atoms with Crippen LogP contribution in [0.25, 0.3) is 6.08 Å². The predicted molar refractivity (Wildman–Crippen MR) is 88.6 cm³/mol. The maximum atomic E-state index is 9.99. The highest BCUT2D eigenvalue weighted by Gasteiger charge is 2.52. The summed E-state index contributed by atoms with van der Waals surface area (Å²) in [6.07, 6.45) is 1.83. The Bertz CT molecular complexity index is 569. The number of rotatable bonds is 4. The fourth-order valence-electron chi connectivity index (χ4n) is 2.25. The molecule has 0 atom stereocenters. The average molecular weight is 304 g/mol. The summed E-state index contributed by atoms with van der Waals surface area (Å²) in [7, 11) is 1.40. The Morgan fingerprint density at radius 1 is 1.27 bits per heavy atom. The summed E-state index contributed by atoms with van der Waals surface area (Å²) in [5, 5.41) is 13.1. The topological polar surface area (TPSA) is 63.6 Å². The van der Waals surface area contributed by atoms with Crippen LogP contribution in [-0.4, -0.2) is 42.0 Å². The Balaban J connectivity index is 2.35. The van der Waals surface area contributed by atoms with Crippen molar-refractivity contribution in [2.45, 2.75) is 45.8 Å². The van der Waals surface area contributed by atoms with Gasteiger partial charge < -0.3 is 19.7 Å². The Labute approximate surface area is 132 Å². The molecular formula is C16H25BN2O3. The molecule has 1 aromatic rings. The van der Waals surface area contributed by atoms with Crippen molar-refractivity contribution in [3.8, 4) is 5.75 Å². The number of aryl methyl sites for hydroxylation is 1. The van der Waals surface area contributed by atoms with Gasteiger partial charge in [-0.1, -0.05) is 0 Å². The molecule has 1 aliphatic heterocycles. The second-order valence-corrected chi connectivity index (χ2v) is 6.69. The Morgan fingerprint density at radius 3 is 2.41 bits per heavy atom. The van der Waals surface area contributed by atoms with E-state index in [1.807, 2.05) is 47.7 Å². The van der Waals surface area contributed by atoms with Crippen LogP contribution in [0.1, 0.15) is 39.1 Å². The molecule has 2 heterocycles. The molecule has 0 aliphatic carbocycles. The number of hydrogen-bond donors (Lipinski definition) is 2. The minimum Gasteiger partial charge on any atom is -0.506 e. The van der Waals surface area contributed by atoms with Crippen LogP contribution in [-0.2, 0) is 9.31 Å². The smallest absolute Gasteiger partial charge is 0.491 e. The van der Waals surface area contributed by atoms with Crippen molar-refractivity contribution < 1.29 is 14.4 Å². The molecule has 120 valence electrons. The molecule has 0 bridgehead atoms. The first-order valence-corrected chi connectivity index (χ1v) is 7.53. The lowest BCUT2D eigenvalue weighted by Crippen LogP contribution is -2.41. The highest BCUT2D eigenvalue weighted by Crippen LogP contribution is 2.38. The number of aromatic hydroxyl groups is 1. The van der Waals surface area contributed by atoms with E-state index in [2.05, 4.69) is 10.3 Å². The van der Waals surface area contributed by atoms with Crippen LogP contribution in [0.5, 0.6) is 5.75 Å². The Hall–Kier alpha value is -1.37. The molecular weight excluding hydrogens is 279 g/mol. The molecule has 2 rings (SSSR count). The van der Waals surface area contributed by atoms with Crippen LogP contribution in [0.3, 0.4) is 0 Å². The Kier molecular flexibility index (Phi) is 4.66. The van der Waals surface area contributed by atoms with E-state index < -0.39 is 18.3 Å². The first-order valence-electron chi connectivity index (χ1n) is 7.53. The summed E-state index contributed by atoms with van der Waals surface area (Å²) in [6.45, 7) is 10.6. The zero-order chi connectivity index (χ0) is 16.5. The van der Waals surface area contributed by atoms with Gasteiger partial charge in [-0.3, -0.25) is 0 Å². The molecule has 1 fully saturated rings. The number of hydrogen-bond acceptors (Lipinski definition) is 5. The van der Waals surface area contributed by atoms with Gasteiger partial charge in [0.15, 0.2) is 0 Å². The summed E-state index contributed by atoms with van der Waals surface area (Å²) in [5.74, 6) is 0.149. The van der Waals surface area contributed by atoms with Gasteiger partial charge in [0.2, 0.25) is 0 Å². The Morgan fingerprint density at radius 2 is 1.86 bits per heavy atom. The zero-order valence-electron chi connectivity index (χ0n) is 14.2. The van der Waals surface area contributed by atoms with E-state index in [0.29, 0.717) is 12.2 Å². The van der Waals surface area contributed by atoms with E-state index in [1.165, 1.54) is 0 Å². The average Bonchev–Trinajstić information content (AvgIpc) is 2.62. The largest absolute Gasteiger partial charge is 0.506 e. The van der Waals surface area contributed by atoms with Crippen molar-refractivity contribution in [3.05, 3.63) is 29.0 Å². The van der Waals surface area contributed by atoms with Crippen LogP contribution in [0.15, 0.2) is 17.6 Å². The molecule has 6 heteroatoms. The standard InChI is InChI=1S/C16H25BN2O3/c1-11-7-8-14(20)13(19-11)9-12(10-18-6)17-21-15(2,3)16(4,5)22-17/h7-9,18,20H,10H2,1-6H3. The summed E-state index contributed by atoms with van der Waals surface area (Å²) >= 11 is 0. The lowest BCUT2D eigenvalue weighted by molar-refractivity contribution is 0.00578. The van der Waals surface area contributed by atoms with Crippen LogP contribution in [0.4, 0.5) is 0 Å². The van der Waals surface area contributed by atoms with Crippen molar-refractivity contribution in [1.82, 2.24) is 10.3 Å². The summed E-state index contributed by atoms with van der Waals surface area (Å²) in [4.78, 5) is 4.37. The lowest BCUT2D eigenvalue weighted by atomic mass is 9.77. The molecule has 0 unspecified atom stereocenters. The molecule has 1 saturated heterocycles. The second-order valence-electron chi connectivity index (χ2n) is 6.69. The zero-order valence-corrected chi connectivity index (χ0v) is 14.2. The van der Waals surface area contributed by atoms with Crippen molar-refractivity contribution >= 4 is 13.2 Å². The molecule has 1 aromatic heterocycles. The summed E-state index contributed by atoms with van der Waals surface area (Å²) in [6, 6.07) is 3.43. The van der Waals surface area contributed by atoms with Crippen molar-refractivity contribution in [1.29, 1.82) is 0 Å². The van der Waals surface area contributed by atoms with Gasteiger partial charge in [-0.2, -0.15) is 0 Å². The van der Waals surface area contributed by atoms with E-state index in [1.54, 1.807) is 12.1 Å². The van der Waals surface area contributed by atoms with Gasteiger partial charge in [0.05, 0.1) is 11.2 Å². The van der Waals surface area contributed by atoms with E-state index >= 15 is 0 Å². The number of likely N-dealkylation sites (N-methyl/N-ethyl adjacent to an activating group) is 1. The first-order chi connectivity index (χ1) is 10.2. The number of aromatic nitrogens is 1. The van der Waals surface area contributed by atoms with Gasteiger partial charge in [-0.25, -0.2) is 4.98 Å². The van der Waals surface area contributed by atoms with Crippen LogP contribution < -0.4 is 5.32 Å². The quantitative estimate of drug-likeness (QED) is 0.836. The minimum atomic E-state index is -0.459. The van der Waals surface area contributed by atoms with Gasteiger partial charge in [0, 0.05) is 12.2 Å². The third-order valence-corrected chi connectivity index (χ3v) is 4.30. The van der Waals surface area contributed by atoms with E-state index in [0.717, 1.165) is 11.2 Å². The van der Waals surface area contributed by atoms with E-state index in [4.69, 9.17) is 9.31 Å².